The van der Waals surface area contributed by atoms with Crippen LogP contribution < -0.4 is 5.32 Å². The standard InChI is InChI=1S/C14H15BrClN/c15-12-3-4-13(16)14(7-12)17-8-11-6-9-1-2-10(11)5-9/h1-4,7,9-11,17H,5-6,8H2. The molecule has 3 unspecified atom stereocenters. The Kier molecular flexibility index (Phi) is 3.18. The maximum absolute atomic E-state index is 6.16. The van der Waals surface area contributed by atoms with Gasteiger partial charge in [0.15, 0.2) is 0 Å². The van der Waals surface area contributed by atoms with Crippen molar-refractivity contribution in [2.75, 3.05) is 11.9 Å². The van der Waals surface area contributed by atoms with Crippen molar-refractivity contribution in [3.05, 3.63) is 39.8 Å². The van der Waals surface area contributed by atoms with Crippen molar-refractivity contribution in [3.63, 3.8) is 0 Å². The minimum absolute atomic E-state index is 0.778. The van der Waals surface area contributed by atoms with Crippen molar-refractivity contribution in [2.45, 2.75) is 12.8 Å². The fourth-order valence-corrected chi connectivity index (χ4v) is 3.55. The SMILES string of the molecule is Clc1ccc(Br)cc1NCC1CC2C=CC1C2. The van der Waals surface area contributed by atoms with Crippen molar-refractivity contribution in [1.29, 1.82) is 0 Å². The zero-order valence-corrected chi connectivity index (χ0v) is 11.8. The van der Waals surface area contributed by atoms with E-state index in [2.05, 4.69) is 33.4 Å². The summed E-state index contributed by atoms with van der Waals surface area (Å²) in [4.78, 5) is 0. The lowest BCUT2D eigenvalue weighted by Crippen LogP contribution is -2.18. The number of hydrogen-bond donors (Lipinski definition) is 1. The Morgan fingerprint density at radius 3 is 2.88 bits per heavy atom. The number of hydrogen-bond acceptors (Lipinski definition) is 1. The van der Waals surface area contributed by atoms with E-state index in [0.717, 1.165) is 39.5 Å². The highest BCUT2D eigenvalue weighted by molar-refractivity contribution is 9.10. The van der Waals surface area contributed by atoms with Gasteiger partial charge in [0.1, 0.15) is 0 Å². The van der Waals surface area contributed by atoms with Gasteiger partial charge in [-0.3, -0.25) is 0 Å². The van der Waals surface area contributed by atoms with Gasteiger partial charge >= 0.3 is 0 Å². The fraction of sp³-hybridized carbons (Fsp3) is 0.429. The Hall–Kier alpha value is -0.470. The van der Waals surface area contributed by atoms with Crippen molar-refractivity contribution in [2.24, 2.45) is 17.8 Å². The Morgan fingerprint density at radius 1 is 1.29 bits per heavy atom. The second-order valence-electron chi connectivity index (χ2n) is 5.05. The van der Waals surface area contributed by atoms with E-state index in [0.29, 0.717) is 0 Å². The Morgan fingerprint density at radius 2 is 2.18 bits per heavy atom. The quantitative estimate of drug-likeness (QED) is 0.796. The lowest BCUT2D eigenvalue weighted by molar-refractivity contribution is 0.472. The predicted molar refractivity (Wildman–Crippen MR) is 76.5 cm³/mol. The number of anilines is 1. The Labute approximate surface area is 115 Å². The zero-order chi connectivity index (χ0) is 11.8. The predicted octanol–water partition coefficient (Wildman–Crippen LogP) is 4.73. The lowest BCUT2D eigenvalue weighted by atomic mass is 9.93. The number of halogens is 2. The second kappa shape index (κ2) is 4.66. The molecule has 1 aromatic rings. The van der Waals surface area contributed by atoms with Gasteiger partial charge in [-0.1, -0.05) is 39.7 Å². The van der Waals surface area contributed by atoms with Crippen LogP contribution in [0.15, 0.2) is 34.8 Å². The van der Waals surface area contributed by atoms with Gasteiger partial charge in [-0.15, -0.1) is 0 Å². The van der Waals surface area contributed by atoms with Gasteiger partial charge in [0.2, 0.25) is 0 Å². The van der Waals surface area contributed by atoms with Gasteiger partial charge in [0, 0.05) is 11.0 Å². The topological polar surface area (TPSA) is 12.0 Å². The fourth-order valence-electron chi connectivity index (χ4n) is 3.00. The van der Waals surface area contributed by atoms with Crippen LogP contribution in [0.2, 0.25) is 5.02 Å². The Bertz CT molecular complexity index is 458. The summed E-state index contributed by atoms with van der Waals surface area (Å²) < 4.78 is 1.07. The molecule has 2 bridgehead atoms. The zero-order valence-electron chi connectivity index (χ0n) is 9.50. The van der Waals surface area contributed by atoms with Crippen LogP contribution in [-0.2, 0) is 0 Å². The largest absolute Gasteiger partial charge is 0.384 e. The molecule has 3 heteroatoms. The third kappa shape index (κ3) is 2.38. The maximum atomic E-state index is 6.16. The highest BCUT2D eigenvalue weighted by atomic mass is 79.9. The molecule has 2 aliphatic rings. The molecule has 0 heterocycles. The molecule has 1 saturated carbocycles. The van der Waals surface area contributed by atoms with Gasteiger partial charge < -0.3 is 5.32 Å². The molecule has 90 valence electrons. The first-order chi connectivity index (χ1) is 8.22. The van der Waals surface area contributed by atoms with E-state index in [9.17, 15) is 0 Å². The third-order valence-corrected chi connectivity index (χ3v) is 4.72. The van der Waals surface area contributed by atoms with Crippen LogP contribution in [0.5, 0.6) is 0 Å². The highest BCUT2D eigenvalue weighted by Gasteiger charge is 2.35. The average Bonchev–Trinajstić information content (AvgIpc) is 2.92. The van der Waals surface area contributed by atoms with E-state index in [4.69, 9.17) is 11.6 Å². The van der Waals surface area contributed by atoms with E-state index in [1.54, 1.807) is 0 Å². The van der Waals surface area contributed by atoms with E-state index < -0.39 is 0 Å². The molecule has 17 heavy (non-hydrogen) atoms. The number of fused-ring (bicyclic) bond motifs is 2. The van der Waals surface area contributed by atoms with Crippen molar-refractivity contribution in [3.8, 4) is 0 Å². The molecule has 3 atom stereocenters. The molecule has 0 amide bonds. The summed E-state index contributed by atoms with van der Waals surface area (Å²) in [5.74, 6) is 2.41. The van der Waals surface area contributed by atoms with Gasteiger partial charge in [-0.05, 0) is 48.8 Å². The van der Waals surface area contributed by atoms with Crippen molar-refractivity contribution >= 4 is 33.2 Å². The summed E-state index contributed by atoms with van der Waals surface area (Å²) in [5.41, 5.74) is 1.03. The molecule has 0 saturated heterocycles. The normalized spacial score (nSPS) is 29.9. The van der Waals surface area contributed by atoms with Crippen molar-refractivity contribution in [1.82, 2.24) is 0 Å². The number of allylic oxidation sites excluding steroid dienone is 2. The summed E-state index contributed by atoms with van der Waals surface area (Å²) in [7, 11) is 0. The molecule has 3 rings (SSSR count). The third-order valence-electron chi connectivity index (χ3n) is 3.90. The lowest BCUT2D eigenvalue weighted by Gasteiger charge is -2.19. The van der Waals surface area contributed by atoms with Crippen LogP contribution in [0.25, 0.3) is 0 Å². The number of rotatable bonds is 3. The molecule has 1 aromatic carbocycles. The van der Waals surface area contributed by atoms with Gasteiger partial charge in [0.05, 0.1) is 10.7 Å². The summed E-state index contributed by atoms with van der Waals surface area (Å²) in [6, 6.07) is 5.94. The van der Waals surface area contributed by atoms with Crippen LogP contribution in [0.3, 0.4) is 0 Å². The molecule has 0 aromatic heterocycles. The monoisotopic (exact) mass is 311 g/mol. The van der Waals surface area contributed by atoms with E-state index in [1.165, 1.54) is 12.8 Å². The molecule has 1 fully saturated rings. The molecule has 2 aliphatic carbocycles. The molecule has 0 aliphatic heterocycles. The maximum Gasteiger partial charge on any atom is 0.0638 e. The van der Waals surface area contributed by atoms with Gasteiger partial charge in [-0.2, -0.15) is 0 Å². The number of benzene rings is 1. The van der Waals surface area contributed by atoms with Gasteiger partial charge in [-0.25, -0.2) is 0 Å². The molecule has 1 nitrogen and oxygen atoms in total. The summed E-state index contributed by atoms with van der Waals surface area (Å²) >= 11 is 9.64. The van der Waals surface area contributed by atoms with E-state index in [-0.39, 0.29) is 0 Å². The van der Waals surface area contributed by atoms with Crippen LogP contribution in [0.4, 0.5) is 5.69 Å². The van der Waals surface area contributed by atoms with E-state index >= 15 is 0 Å². The van der Waals surface area contributed by atoms with Crippen LogP contribution in [0, 0.1) is 17.8 Å². The molecule has 1 N–H and O–H groups in total. The highest BCUT2D eigenvalue weighted by Crippen LogP contribution is 2.43. The molecule has 0 spiro atoms. The first kappa shape index (κ1) is 11.6. The van der Waals surface area contributed by atoms with E-state index in [1.807, 2.05) is 18.2 Å². The summed E-state index contributed by atoms with van der Waals surface area (Å²) in [6.45, 7) is 1.03. The van der Waals surface area contributed by atoms with Gasteiger partial charge in [0.25, 0.3) is 0 Å². The smallest absolute Gasteiger partial charge is 0.0638 e. The molecular weight excluding hydrogens is 298 g/mol. The molecule has 0 radical (unpaired) electrons. The minimum Gasteiger partial charge on any atom is -0.384 e. The van der Waals surface area contributed by atoms with Crippen LogP contribution in [-0.4, -0.2) is 6.54 Å². The number of nitrogens with one attached hydrogen (secondary N) is 1. The minimum atomic E-state index is 0.778. The molecular formula is C14H15BrClN. The van der Waals surface area contributed by atoms with Crippen LogP contribution in [0.1, 0.15) is 12.8 Å². The first-order valence-corrected chi connectivity index (χ1v) is 7.27. The first-order valence-electron chi connectivity index (χ1n) is 6.09. The van der Waals surface area contributed by atoms with Crippen LogP contribution >= 0.6 is 27.5 Å². The second-order valence-corrected chi connectivity index (χ2v) is 6.37. The summed E-state index contributed by atoms with van der Waals surface area (Å²) in [5, 5.41) is 4.28. The average molecular weight is 313 g/mol. The van der Waals surface area contributed by atoms with Crippen molar-refractivity contribution < 1.29 is 0 Å². The Balaban J connectivity index is 1.64. The summed E-state index contributed by atoms with van der Waals surface area (Å²) in [6.07, 6.45) is 7.47.